The zero-order valence-corrected chi connectivity index (χ0v) is 27.6. The van der Waals surface area contributed by atoms with E-state index in [0.29, 0.717) is 11.1 Å². The van der Waals surface area contributed by atoms with E-state index < -0.39 is 34.4 Å². The molecule has 52 heavy (non-hydrogen) atoms. The predicted molar refractivity (Wildman–Crippen MR) is 200 cm³/mol. The van der Waals surface area contributed by atoms with Crippen LogP contribution in [0.3, 0.4) is 0 Å². The lowest BCUT2D eigenvalue weighted by molar-refractivity contribution is 0.447. The quantitative estimate of drug-likeness (QED) is 0.0977. The first kappa shape index (κ1) is 33.5. The van der Waals surface area contributed by atoms with Crippen molar-refractivity contribution in [1.82, 2.24) is 0 Å². The maximum Gasteiger partial charge on any atom is 0.178 e. The van der Waals surface area contributed by atoms with Crippen LogP contribution in [0.2, 0.25) is 0 Å². The lowest BCUT2D eigenvalue weighted by atomic mass is 10.1. The Morgan fingerprint density at radius 1 is 0.269 bits per heavy atom. The van der Waals surface area contributed by atoms with Crippen molar-refractivity contribution >= 4 is 34.1 Å². The summed E-state index contributed by atoms with van der Waals surface area (Å²) in [7, 11) is 0. The van der Waals surface area contributed by atoms with Gasteiger partial charge in [0.05, 0.1) is 0 Å². The van der Waals surface area contributed by atoms with E-state index in [1.807, 2.05) is 155 Å². The Morgan fingerprint density at radius 2 is 0.500 bits per heavy atom. The smallest absolute Gasteiger partial charge is 0.178 e. The second kappa shape index (κ2) is 15.3. The van der Waals surface area contributed by atoms with Gasteiger partial charge in [-0.15, -0.1) is 0 Å². The Morgan fingerprint density at radius 3 is 0.750 bits per heavy atom. The molecule has 7 aromatic carbocycles. The molecule has 0 aliphatic heterocycles. The maximum absolute atomic E-state index is 15.2. The van der Waals surface area contributed by atoms with Crippen molar-refractivity contribution < 1.29 is 17.6 Å². The predicted octanol–water partition coefficient (Wildman–Crippen LogP) is 12.0. The molecule has 250 valence electrons. The van der Waals surface area contributed by atoms with Crippen LogP contribution in [0.4, 0.5) is 51.7 Å². The highest BCUT2D eigenvalue weighted by Crippen LogP contribution is 2.35. The van der Waals surface area contributed by atoms with Crippen molar-refractivity contribution in [3.63, 3.8) is 0 Å². The second-order valence-corrected chi connectivity index (χ2v) is 11.6. The van der Waals surface area contributed by atoms with Crippen LogP contribution in [0.5, 0.6) is 0 Å². The summed E-state index contributed by atoms with van der Waals surface area (Å²) in [5, 5.41) is 0. The number of nitrogens with zero attached hydrogens (tertiary/aromatic N) is 2. The number of hydrogen-bond donors (Lipinski definition) is 0. The molecule has 0 aromatic heterocycles. The Bertz CT molecular complexity index is 2150. The van der Waals surface area contributed by atoms with Crippen LogP contribution in [0.15, 0.2) is 170 Å². The lowest BCUT2D eigenvalue weighted by Gasteiger charge is -2.25. The summed E-state index contributed by atoms with van der Waals surface area (Å²) in [6.45, 7) is 0. The third kappa shape index (κ3) is 7.14. The number of benzene rings is 7. The summed E-state index contributed by atoms with van der Waals surface area (Å²) in [5.74, 6) is 3.42. The third-order valence-electron chi connectivity index (χ3n) is 8.24. The van der Waals surface area contributed by atoms with Crippen LogP contribution in [0.25, 0.3) is 0 Å². The van der Waals surface area contributed by atoms with Crippen molar-refractivity contribution in [2.24, 2.45) is 0 Å². The van der Waals surface area contributed by atoms with Gasteiger partial charge in [-0.25, -0.2) is 17.6 Å². The van der Waals surface area contributed by atoms with Gasteiger partial charge in [-0.2, -0.15) is 0 Å². The molecule has 0 unspecified atom stereocenters. The standard InChI is InChI=1S/C46H28F4N2/c47-43-41(31-25-33-21-27-39(28-22-33)51(35-13-5-1-6-14-35)36-15-7-2-8-16-36)44(48)46(50)42(45(43)49)32-26-34-23-29-40(30-24-34)52(37-17-9-3-10-18-37)38-19-11-4-12-20-38/h1-24,27-30H. The molecule has 0 saturated heterocycles. The normalized spacial score (nSPS) is 10.4. The summed E-state index contributed by atoms with van der Waals surface area (Å²) in [6, 6.07) is 53.0. The molecule has 2 nitrogen and oxygen atoms in total. The van der Waals surface area contributed by atoms with Gasteiger partial charge in [0.15, 0.2) is 23.3 Å². The summed E-state index contributed by atoms with van der Waals surface area (Å²) in [5.41, 5.74) is 4.14. The monoisotopic (exact) mass is 684 g/mol. The van der Waals surface area contributed by atoms with Gasteiger partial charge < -0.3 is 9.80 Å². The van der Waals surface area contributed by atoms with E-state index in [1.54, 1.807) is 24.3 Å². The van der Waals surface area contributed by atoms with Gasteiger partial charge in [0, 0.05) is 45.3 Å². The molecule has 0 spiro atoms. The van der Waals surface area contributed by atoms with E-state index in [9.17, 15) is 0 Å². The van der Waals surface area contributed by atoms with Crippen molar-refractivity contribution in [3.8, 4) is 23.7 Å². The fourth-order valence-electron chi connectivity index (χ4n) is 5.71. The molecule has 0 heterocycles. The molecule has 0 saturated carbocycles. The van der Waals surface area contributed by atoms with Gasteiger partial charge >= 0.3 is 0 Å². The van der Waals surface area contributed by atoms with E-state index in [0.717, 1.165) is 34.1 Å². The topological polar surface area (TPSA) is 6.48 Å². The summed E-state index contributed by atoms with van der Waals surface area (Å²) in [4.78, 5) is 4.08. The average Bonchev–Trinajstić information content (AvgIpc) is 3.20. The second-order valence-electron chi connectivity index (χ2n) is 11.6. The number of para-hydroxylation sites is 4. The molecule has 7 aromatic rings. The first-order valence-electron chi connectivity index (χ1n) is 16.4. The van der Waals surface area contributed by atoms with Crippen LogP contribution in [0.1, 0.15) is 22.3 Å². The minimum Gasteiger partial charge on any atom is -0.311 e. The minimum atomic E-state index is -1.61. The first-order chi connectivity index (χ1) is 25.5. The van der Waals surface area contributed by atoms with E-state index >= 15 is 17.6 Å². The fraction of sp³-hybridized carbons (Fsp3) is 0. The van der Waals surface area contributed by atoms with Gasteiger partial charge in [0.25, 0.3) is 0 Å². The number of anilines is 6. The van der Waals surface area contributed by atoms with Crippen molar-refractivity contribution in [1.29, 1.82) is 0 Å². The van der Waals surface area contributed by atoms with Crippen molar-refractivity contribution in [3.05, 3.63) is 215 Å². The Balaban J connectivity index is 1.13. The summed E-state index contributed by atoms with van der Waals surface area (Å²) in [6.07, 6.45) is 0. The largest absolute Gasteiger partial charge is 0.311 e. The Hall–Kier alpha value is -7.02. The minimum absolute atomic E-state index is 0.398. The lowest BCUT2D eigenvalue weighted by Crippen LogP contribution is -2.09. The van der Waals surface area contributed by atoms with Crippen LogP contribution in [0, 0.1) is 47.0 Å². The molecule has 0 atom stereocenters. The molecule has 0 amide bonds. The highest BCUT2D eigenvalue weighted by Gasteiger charge is 2.24. The summed E-state index contributed by atoms with van der Waals surface area (Å²) < 4.78 is 60.7. The van der Waals surface area contributed by atoms with Crippen LogP contribution in [-0.4, -0.2) is 0 Å². The molecule has 0 radical (unpaired) electrons. The van der Waals surface area contributed by atoms with Crippen molar-refractivity contribution in [2.45, 2.75) is 0 Å². The maximum atomic E-state index is 15.2. The first-order valence-corrected chi connectivity index (χ1v) is 16.4. The molecular weight excluding hydrogens is 657 g/mol. The third-order valence-corrected chi connectivity index (χ3v) is 8.24. The van der Waals surface area contributed by atoms with Gasteiger partial charge in [-0.3, -0.25) is 0 Å². The average molecular weight is 685 g/mol. The molecular formula is C46H28F4N2. The fourth-order valence-corrected chi connectivity index (χ4v) is 5.71. The molecule has 0 N–H and O–H groups in total. The zero-order valence-electron chi connectivity index (χ0n) is 27.6. The van der Waals surface area contributed by atoms with E-state index in [1.165, 1.54) is 0 Å². The molecule has 0 aliphatic carbocycles. The van der Waals surface area contributed by atoms with Gasteiger partial charge in [0.1, 0.15) is 11.1 Å². The number of rotatable bonds is 6. The molecule has 0 bridgehead atoms. The molecule has 0 fully saturated rings. The van der Waals surface area contributed by atoms with Gasteiger partial charge in [0.2, 0.25) is 0 Å². The Kier molecular flexibility index (Phi) is 9.82. The zero-order chi connectivity index (χ0) is 35.9. The highest BCUT2D eigenvalue weighted by atomic mass is 19.2. The Labute approximate surface area is 299 Å². The van der Waals surface area contributed by atoms with Gasteiger partial charge in [-0.1, -0.05) is 96.5 Å². The van der Waals surface area contributed by atoms with Gasteiger partial charge in [-0.05, 0) is 97.1 Å². The van der Waals surface area contributed by atoms with Crippen LogP contribution >= 0.6 is 0 Å². The number of halogens is 4. The van der Waals surface area contributed by atoms with Crippen LogP contribution < -0.4 is 9.80 Å². The number of hydrogen-bond acceptors (Lipinski definition) is 2. The van der Waals surface area contributed by atoms with E-state index in [4.69, 9.17) is 0 Å². The summed E-state index contributed by atoms with van der Waals surface area (Å²) >= 11 is 0. The van der Waals surface area contributed by atoms with E-state index in [2.05, 4.69) is 23.7 Å². The van der Waals surface area contributed by atoms with Crippen LogP contribution in [-0.2, 0) is 0 Å². The molecule has 0 aliphatic rings. The van der Waals surface area contributed by atoms with E-state index in [-0.39, 0.29) is 0 Å². The molecule has 6 heteroatoms. The highest BCUT2D eigenvalue weighted by molar-refractivity contribution is 5.78. The molecule has 7 rings (SSSR count). The van der Waals surface area contributed by atoms with Crippen molar-refractivity contribution in [2.75, 3.05) is 9.80 Å². The SMILES string of the molecule is Fc1c(F)c(C#Cc2ccc(N(c3ccccc3)c3ccccc3)cc2)c(F)c(F)c1C#Cc1ccc(N(c2ccccc2)c2ccccc2)cc1.